The summed E-state index contributed by atoms with van der Waals surface area (Å²) in [6, 6.07) is 2.07. The molecule has 16 heavy (non-hydrogen) atoms. The van der Waals surface area contributed by atoms with Crippen LogP contribution in [0.2, 0.25) is 0 Å². The number of carboxylic acid groups (broad SMARTS) is 1. The minimum absolute atomic E-state index is 0.0400. The second-order valence-corrected chi connectivity index (χ2v) is 5.48. The Labute approximate surface area is 98.9 Å². The quantitative estimate of drug-likeness (QED) is 0.729. The molecule has 1 rings (SSSR count). The van der Waals surface area contributed by atoms with Crippen molar-refractivity contribution in [1.82, 2.24) is 5.32 Å². The van der Waals surface area contributed by atoms with Gasteiger partial charge in [-0.3, -0.25) is 0 Å². The summed E-state index contributed by atoms with van der Waals surface area (Å²) in [7, 11) is 0. The lowest BCUT2D eigenvalue weighted by atomic mass is 10.1. The Balaban J connectivity index is 2.44. The van der Waals surface area contributed by atoms with Crippen molar-refractivity contribution in [1.29, 1.82) is 0 Å². The zero-order valence-electron chi connectivity index (χ0n) is 9.70. The fraction of sp³-hybridized carbons (Fsp3) is 0.545. The van der Waals surface area contributed by atoms with Crippen molar-refractivity contribution >= 4 is 17.3 Å². The number of aliphatic carboxylic acids is 1. The molecule has 1 unspecified atom stereocenters. The van der Waals surface area contributed by atoms with Crippen molar-refractivity contribution in [2.45, 2.75) is 32.9 Å². The first-order valence-electron chi connectivity index (χ1n) is 5.05. The standard InChI is InChI=1S/C11H17NO3S/c1-7-4-9(16-8(7)2)5-12-6-11(3,15)10(13)14/h4,12,15H,5-6H2,1-3H3,(H,13,14). The van der Waals surface area contributed by atoms with Crippen LogP contribution in [0.5, 0.6) is 0 Å². The van der Waals surface area contributed by atoms with E-state index in [1.54, 1.807) is 11.3 Å². The van der Waals surface area contributed by atoms with E-state index in [4.69, 9.17) is 5.11 Å². The van der Waals surface area contributed by atoms with Gasteiger partial charge in [0.25, 0.3) is 0 Å². The van der Waals surface area contributed by atoms with E-state index >= 15 is 0 Å². The van der Waals surface area contributed by atoms with Crippen LogP contribution in [0.15, 0.2) is 6.07 Å². The van der Waals surface area contributed by atoms with Gasteiger partial charge in [0.2, 0.25) is 0 Å². The van der Waals surface area contributed by atoms with Gasteiger partial charge in [-0.05, 0) is 32.4 Å². The molecule has 4 nitrogen and oxygen atoms in total. The van der Waals surface area contributed by atoms with Crippen LogP contribution in [0.1, 0.15) is 22.2 Å². The molecule has 0 spiro atoms. The van der Waals surface area contributed by atoms with Gasteiger partial charge in [-0.25, -0.2) is 4.79 Å². The molecule has 0 aliphatic rings. The van der Waals surface area contributed by atoms with Gasteiger partial charge in [0.15, 0.2) is 5.60 Å². The number of hydrogen-bond acceptors (Lipinski definition) is 4. The number of nitrogens with one attached hydrogen (secondary N) is 1. The van der Waals surface area contributed by atoms with Crippen molar-refractivity contribution in [3.63, 3.8) is 0 Å². The molecule has 1 atom stereocenters. The monoisotopic (exact) mass is 243 g/mol. The maximum absolute atomic E-state index is 10.6. The van der Waals surface area contributed by atoms with E-state index in [1.807, 2.05) is 6.92 Å². The zero-order chi connectivity index (χ0) is 12.3. The number of aryl methyl sites for hydroxylation is 2. The first kappa shape index (κ1) is 13.2. The van der Waals surface area contributed by atoms with E-state index in [-0.39, 0.29) is 6.54 Å². The molecule has 0 aliphatic heterocycles. The number of hydrogen-bond donors (Lipinski definition) is 3. The Morgan fingerprint density at radius 3 is 2.62 bits per heavy atom. The third kappa shape index (κ3) is 3.30. The van der Waals surface area contributed by atoms with Crippen molar-refractivity contribution in [2.75, 3.05) is 6.54 Å². The molecule has 0 saturated heterocycles. The summed E-state index contributed by atoms with van der Waals surface area (Å²) in [4.78, 5) is 13.0. The molecule has 0 amide bonds. The molecule has 0 fully saturated rings. The fourth-order valence-corrected chi connectivity index (χ4v) is 2.26. The van der Waals surface area contributed by atoms with Gasteiger partial charge in [-0.2, -0.15) is 0 Å². The Hall–Kier alpha value is -0.910. The van der Waals surface area contributed by atoms with E-state index in [1.165, 1.54) is 17.4 Å². The highest BCUT2D eigenvalue weighted by atomic mass is 32.1. The highest BCUT2D eigenvalue weighted by Gasteiger charge is 2.29. The molecule has 0 radical (unpaired) electrons. The molecule has 1 heterocycles. The Kier molecular flexibility index (Phi) is 4.07. The minimum atomic E-state index is -1.71. The van der Waals surface area contributed by atoms with Gasteiger partial charge >= 0.3 is 5.97 Å². The van der Waals surface area contributed by atoms with Crippen LogP contribution in [-0.4, -0.2) is 28.3 Å². The van der Waals surface area contributed by atoms with Crippen LogP contribution in [0.25, 0.3) is 0 Å². The first-order chi connectivity index (χ1) is 7.33. The minimum Gasteiger partial charge on any atom is -0.479 e. The molecule has 0 aromatic carbocycles. The zero-order valence-corrected chi connectivity index (χ0v) is 10.5. The van der Waals surface area contributed by atoms with Crippen LogP contribution >= 0.6 is 11.3 Å². The Morgan fingerprint density at radius 1 is 1.56 bits per heavy atom. The lowest BCUT2D eigenvalue weighted by Crippen LogP contribution is -2.44. The summed E-state index contributed by atoms with van der Waals surface area (Å²) >= 11 is 1.68. The third-order valence-electron chi connectivity index (χ3n) is 2.45. The maximum atomic E-state index is 10.6. The molecule has 5 heteroatoms. The number of aliphatic hydroxyl groups is 1. The van der Waals surface area contributed by atoms with Crippen LogP contribution in [-0.2, 0) is 11.3 Å². The lowest BCUT2D eigenvalue weighted by Gasteiger charge is -2.17. The van der Waals surface area contributed by atoms with Crippen molar-refractivity contribution in [3.8, 4) is 0 Å². The van der Waals surface area contributed by atoms with Crippen molar-refractivity contribution in [2.24, 2.45) is 0 Å². The number of thiophene rings is 1. The largest absolute Gasteiger partial charge is 0.479 e. The van der Waals surface area contributed by atoms with Gasteiger partial charge in [-0.15, -0.1) is 11.3 Å². The Morgan fingerprint density at radius 2 is 2.19 bits per heavy atom. The average Bonchev–Trinajstić information content (AvgIpc) is 2.45. The number of rotatable bonds is 5. The van der Waals surface area contributed by atoms with Crippen LogP contribution in [0.4, 0.5) is 0 Å². The predicted octanol–water partition coefficient (Wildman–Crippen LogP) is 1.29. The van der Waals surface area contributed by atoms with Gasteiger partial charge in [0.05, 0.1) is 0 Å². The van der Waals surface area contributed by atoms with Gasteiger partial charge < -0.3 is 15.5 Å². The normalized spacial score (nSPS) is 14.8. The summed E-state index contributed by atoms with van der Waals surface area (Å²) in [5, 5.41) is 21.1. The molecular formula is C11H17NO3S. The van der Waals surface area contributed by atoms with Gasteiger partial charge in [-0.1, -0.05) is 0 Å². The van der Waals surface area contributed by atoms with Crippen molar-refractivity contribution in [3.05, 3.63) is 21.4 Å². The topological polar surface area (TPSA) is 69.6 Å². The van der Waals surface area contributed by atoms with E-state index < -0.39 is 11.6 Å². The summed E-state index contributed by atoms with van der Waals surface area (Å²) in [5.74, 6) is -1.21. The lowest BCUT2D eigenvalue weighted by molar-refractivity contribution is -0.156. The van der Waals surface area contributed by atoms with Gasteiger partial charge in [0, 0.05) is 22.8 Å². The first-order valence-corrected chi connectivity index (χ1v) is 5.87. The highest BCUT2D eigenvalue weighted by Crippen LogP contribution is 2.20. The third-order valence-corrected chi connectivity index (χ3v) is 3.60. The highest BCUT2D eigenvalue weighted by molar-refractivity contribution is 7.12. The summed E-state index contributed by atoms with van der Waals surface area (Å²) in [6.07, 6.45) is 0. The summed E-state index contributed by atoms with van der Waals surface area (Å²) < 4.78 is 0. The maximum Gasteiger partial charge on any atom is 0.336 e. The molecule has 90 valence electrons. The molecule has 1 aromatic rings. The second-order valence-electron chi connectivity index (χ2n) is 4.13. The van der Waals surface area contributed by atoms with Gasteiger partial charge in [0.1, 0.15) is 0 Å². The molecule has 0 saturated carbocycles. The van der Waals surface area contributed by atoms with E-state index in [2.05, 4.69) is 18.3 Å². The van der Waals surface area contributed by atoms with E-state index in [9.17, 15) is 9.90 Å². The summed E-state index contributed by atoms with van der Waals surface area (Å²) in [5.41, 5.74) is -0.465. The molecule has 1 aromatic heterocycles. The van der Waals surface area contributed by atoms with Crippen molar-refractivity contribution < 1.29 is 15.0 Å². The van der Waals surface area contributed by atoms with E-state index in [0.717, 1.165) is 4.88 Å². The second kappa shape index (κ2) is 4.95. The van der Waals surface area contributed by atoms with Crippen LogP contribution < -0.4 is 5.32 Å². The SMILES string of the molecule is Cc1cc(CNCC(C)(O)C(=O)O)sc1C. The van der Waals surface area contributed by atoms with Crippen LogP contribution in [0, 0.1) is 13.8 Å². The molecule has 0 bridgehead atoms. The molecular weight excluding hydrogens is 226 g/mol. The van der Waals surface area contributed by atoms with E-state index in [0.29, 0.717) is 6.54 Å². The smallest absolute Gasteiger partial charge is 0.336 e. The average molecular weight is 243 g/mol. The fourth-order valence-electron chi connectivity index (χ4n) is 1.24. The summed E-state index contributed by atoms with van der Waals surface area (Å²) in [6.45, 7) is 6.01. The molecule has 3 N–H and O–H groups in total. The van der Waals surface area contributed by atoms with Crippen LogP contribution in [0.3, 0.4) is 0 Å². The number of carboxylic acids is 1. The predicted molar refractivity (Wildman–Crippen MR) is 63.8 cm³/mol. The Bertz CT molecular complexity index is 365. The molecule has 0 aliphatic carbocycles. The number of carbonyl (C=O) groups is 1.